The number of nitrogens with zero attached hydrogens (tertiary/aromatic N) is 2. The summed E-state index contributed by atoms with van der Waals surface area (Å²) in [5, 5.41) is 3.75. The number of amides is 1. The van der Waals surface area contributed by atoms with Gasteiger partial charge in [-0.3, -0.25) is 9.78 Å². The lowest BCUT2D eigenvalue weighted by Gasteiger charge is -2.17. The van der Waals surface area contributed by atoms with E-state index in [-0.39, 0.29) is 5.91 Å². The van der Waals surface area contributed by atoms with Gasteiger partial charge in [0.1, 0.15) is 0 Å². The summed E-state index contributed by atoms with van der Waals surface area (Å²) in [5.41, 5.74) is 2.06. The van der Waals surface area contributed by atoms with Gasteiger partial charge in [0, 0.05) is 35.0 Å². The molecule has 114 valence electrons. The fraction of sp³-hybridized carbons (Fsp3) is 0.250. The number of carbonyl (C=O) groups excluding carboxylic acids is 1. The van der Waals surface area contributed by atoms with E-state index in [0.29, 0.717) is 21.3 Å². The zero-order valence-corrected chi connectivity index (χ0v) is 13.4. The minimum absolute atomic E-state index is 0.230. The van der Waals surface area contributed by atoms with Crippen molar-refractivity contribution < 1.29 is 4.79 Å². The van der Waals surface area contributed by atoms with E-state index < -0.39 is 0 Å². The van der Waals surface area contributed by atoms with Crippen LogP contribution in [0, 0.1) is 0 Å². The molecule has 0 unspecified atom stereocenters. The largest absolute Gasteiger partial charge is 0.370 e. The molecular weight excluding hydrogens is 321 g/mol. The van der Waals surface area contributed by atoms with Crippen LogP contribution in [0.4, 0.5) is 11.4 Å². The van der Waals surface area contributed by atoms with Gasteiger partial charge in [0.2, 0.25) is 0 Å². The van der Waals surface area contributed by atoms with Crippen molar-refractivity contribution in [2.75, 3.05) is 23.3 Å². The van der Waals surface area contributed by atoms with Crippen LogP contribution in [0.15, 0.2) is 36.7 Å². The number of aromatic nitrogens is 1. The van der Waals surface area contributed by atoms with E-state index in [4.69, 9.17) is 23.2 Å². The van der Waals surface area contributed by atoms with E-state index in [1.165, 1.54) is 12.8 Å². The second-order valence-electron chi connectivity index (χ2n) is 5.24. The average Bonchev–Trinajstić information content (AvgIpc) is 3.00. The highest BCUT2D eigenvalue weighted by Crippen LogP contribution is 2.24. The van der Waals surface area contributed by atoms with Crippen molar-refractivity contribution in [3.8, 4) is 0 Å². The molecule has 1 aliphatic rings. The Morgan fingerprint density at radius 3 is 2.41 bits per heavy atom. The van der Waals surface area contributed by atoms with Crippen molar-refractivity contribution in [3.63, 3.8) is 0 Å². The monoisotopic (exact) mass is 335 g/mol. The van der Waals surface area contributed by atoms with E-state index in [2.05, 4.69) is 15.2 Å². The molecule has 4 nitrogen and oxygen atoms in total. The summed E-state index contributed by atoms with van der Waals surface area (Å²) >= 11 is 11.9. The van der Waals surface area contributed by atoms with Gasteiger partial charge in [0.25, 0.3) is 5.91 Å². The topological polar surface area (TPSA) is 45.2 Å². The van der Waals surface area contributed by atoms with Gasteiger partial charge < -0.3 is 10.2 Å². The number of benzene rings is 1. The summed E-state index contributed by atoms with van der Waals surface area (Å²) in [6, 6.07) is 6.79. The Morgan fingerprint density at radius 1 is 1.05 bits per heavy atom. The first-order chi connectivity index (χ1) is 10.6. The van der Waals surface area contributed by atoms with Crippen LogP contribution < -0.4 is 10.2 Å². The van der Waals surface area contributed by atoms with Gasteiger partial charge in [-0.1, -0.05) is 23.2 Å². The first kappa shape index (κ1) is 15.1. The minimum Gasteiger partial charge on any atom is -0.370 e. The van der Waals surface area contributed by atoms with Gasteiger partial charge in [0.05, 0.1) is 17.4 Å². The molecule has 0 spiro atoms. The SMILES string of the molecule is O=C(Nc1cc(Cl)cc(Cl)c1)c1cncc(N2CCCC2)c1. The maximum absolute atomic E-state index is 12.3. The third-order valence-electron chi connectivity index (χ3n) is 3.58. The molecule has 1 saturated heterocycles. The van der Waals surface area contributed by atoms with Crippen LogP contribution >= 0.6 is 23.2 Å². The van der Waals surface area contributed by atoms with Crippen molar-refractivity contribution in [3.05, 3.63) is 52.3 Å². The summed E-state index contributed by atoms with van der Waals surface area (Å²) in [6.45, 7) is 2.02. The van der Waals surface area contributed by atoms with Gasteiger partial charge >= 0.3 is 0 Å². The third-order valence-corrected chi connectivity index (χ3v) is 4.01. The summed E-state index contributed by atoms with van der Waals surface area (Å²) < 4.78 is 0. The van der Waals surface area contributed by atoms with Gasteiger partial charge in [-0.05, 0) is 37.1 Å². The third kappa shape index (κ3) is 3.51. The quantitative estimate of drug-likeness (QED) is 0.912. The molecule has 1 aliphatic heterocycles. The predicted octanol–water partition coefficient (Wildman–Crippen LogP) is 4.24. The number of anilines is 2. The predicted molar refractivity (Wildman–Crippen MR) is 90.1 cm³/mol. The smallest absolute Gasteiger partial charge is 0.257 e. The summed E-state index contributed by atoms with van der Waals surface area (Å²) in [4.78, 5) is 18.8. The molecule has 22 heavy (non-hydrogen) atoms. The first-order valence-corrected chi connectivity index (χ1v) is 7.85. The Hall–Kier alpha value is -1.78. The molecule has 0 atom stereocenters. The number of rotatable bonds is 3. The van der Waals surface area contributed by atoms with Crippen molar-refractivity contribution >= 4 is 40.5 Å². The van der Waals surface area contributed by atoms with Crippen LogP contribution in [0.3, 0.4) is 0 Å². The molecule has 0 bridgehead atoms. The maximum Gasteiger partial charge on any atom is 0.257 e. The Morgan fingerprint density at radius 2 is 1.73 bits per heavy atom. The van der Waals surface area contributed by atoms with Crippen LogP contribution in [-0.4, -0.2) is 24.0 Å². The van der Waals surface area contributed by atoms with E-state index >= 15 is 0 Å². The zero-order chi connectivity index (χ0) is 15.5. The summed E-state index contributed by atoms with van der Waals surface area (Å²) in [5.74, 6) is -0.230. The molecule has 2 aromatic rings. The van der Waals surface area contributed by atoms with E-state index in [9.17, 15) is 4.79 Å². The van der Waals surface area contributed by atoms with Crippen molar-refractivity contribution in [2.45, 2.75) is 12.8 Å². The minimum atomic E-state index is -0.230. The number of nitrogens with one attached hydrogen (secondary N) is 1. The average molecular weight is 336 g/mol. The van der Waals surface area contributed by atoms with Crippen LogP contribution in [-0.2, 0) is 0 Å². The first-order valence-electron chi connectivity index (χ1n) is 7.09. The highest BCUT2D eigenvalue weighted by atomic mass is 35.5. The summed E-state index contributed by atoms with van der Waals surface area (Å²) in [6.07, 6.45) is 5.70. The number of hydrogen-bond donors (Lipinski definition) is 1. The fourth-order valence-electron chi connectivity index (χ4n) is 2.53. The number of halogens is 2. The fourth-order valence-corrected chi connectivity index (χ4v) is 3.06. The lowest BCUT2D eigenvalue weighted by Crippen LogP contribution is -2.19. The molecular formula is C16H15Cl2N3O. The van der Waals surface area contributed by atoms with Gasteiger partial charge in [-0.15, -0.1) is 0 Å². The van der Waals surface area contributed by atoms with E-state index in [1.807, 2.05) is 6.07 Å². The Kier molecular flexibility index (Phi) is 4.50. The molecule has 0 saturated carbocycles. The molecule has 3 rings (SSSR count). The van der Waals surface area contributed by atoms with Crippen molar-refractivity contribution in [2.24, 2.45) is 0 Å². The highest BCUT2D eigenvalue weighted by Gasteiger charge is 2.15. The van der Waals surface area contributed by atoms with E-state index in [1.54, 1.807) is 30.6 Å². The van der Waals surface area contributed by atoms with Crippen molar-refractivity contribution in [1.29, 1.82) is 0 Å². The molecule has 0 radical (unpaired) electrons. The molecule has 2 heterocycles. The van der Waals surface area contributed by atoms with Gasteiger partial charge in [0.15, 0.2) is 0 Å². The molecule has 1 aromatic heterocycles. The highest BCUT2D eigenvalue weighted by molar-refractivity contribution is 6.35. The molecule has 1 N–H and O–H groups in total. The number of pyridine rings is 1. The van der Waals surface area contributed by atoms with Gasteiger partial charge in [-0.25, -0.2) is 0 Å². The van der Waals surface area contributed by atoms with Crippen LogP contribution in [0.25, 0.3) is 0 Å². The molecule has 0 aliphatic carbocycles. The van der Waals surface area contributed by atoms with Gasteiger partial charge in [-0.2, -0.15) is 0 Å². The van der Waals surface area contributed by atoms with Crippen LogP contribution in [0.1, 0.15) is 23.2 Å². The standard InChI is InChI=1S/C16H15Cl2N3O/c17-12-6-13(18)8-14(7-12)20-16(22)11-5-15(10-19-9-11)21-3-1-2-4-21/h5-10H,1-4H2,(H,20,22). The lowest BCUT2D eigenvalue weighted by molar-refractivity contribution is 0.102. The molecule has 1 fully saturated rings. The second-order valence-corrected chi connectivity index (χ2v) is 6.11. The van der Waals surface area contributed by atoms with E-state index in [0.717, 1.165) is 18.8 Å². The molecule has 1 aromatic carbocycles. The Labute approximate surface area is 139 Å². The number of carbonyl (C=O) groups is 1. The molecule has 6 heteroatoms. The normalized spacial score (nSPS) is 14.2. The second kappa shape index (κ2) is 6.55. The van der Waals surface area contributed by atoms with Crippen molar-refractivity contribution in [1.82, 2.24) is 4.98 Å². The zero-order valence-electron chi connectivity index (χ0n) is 11.9. The van der Waals surface area contributed by atoms with Crippen LogP contribution in [0.5, 0.6) is 0 Å². The summed E-state index contributed by atoms with van der Waals surface area (Å²) in [7, 11) is 0. The number of hydrogen-bond acceptors (Lipinski definition) is 3. The Balaban J connectivity index is 1.78. The van der Waals surface area contributed by atoms with Crippen LogP contribution in [0.2, 0.25) is 10.0 Å². The maximum atomic E-state index is 12.3. The Bertz CT molecular complexity index is 679. The molecule has 1 amide bonds. The lowest BCUT2D eigenvalue weighted by atomic mass is 10.2.